The molecule has 1 aliphatic carbocycles. The molecule has 37 heavy (non-hydrogen) atoms. The Balaban J connectivity index is 1.35. The number of benzene rings is 2. The van der Waals surface area contributed by atoms with Gasteiger partial charge in [0, 0.05) is 4.88 Å². The SMILES string of the molecule is COc1ccc(C(=O)Oc2ccc([C@@H]3NC(=O)c4c(sc5c4CC[C@H](C(C)(C)C)C5)N3)cc2OC)cc1. The smallest absolute Gasteiger partial charge is 0.343 e. The molecule has 0 radical (unpaired) electrons. The number of hydrogen-bond donors (Lipinski definition) is 2. The van der Waals surface area contributed by atoms with Crippen molar-refractivity contribution in [3.05, 3.63) is 69.6 Å². The van der Waals surface area contributed by atoms with E-state index in [0.717, 1.165) is 35.4 Å². The van der Waals surface area contributed by atoms with Crippen molar-refractivity contribution in [1.82, 2.24) is 5.32 Å². The molecule has 1 aromatic heterocycles. The topological polar surface area (TPSA) is 85.9 Å². The molecule has 2 N–H and O–H groups in total. The largest absolute Gasteiger partial charge is 0.497 e. The van der Waals surface area contributed by atoms with E-state index in [0.29, 0.717) is 28.7 Å². The van der Waals surface area contributed by atoms with Crippen molar-refractivity contribution in [2.24, 2.45) is 11.3 Å². The Hall–Kier alpha value is -3.52. The number of nitrogens with one attached hydrogen (secondary N) is 2. The van der Waals surface area contributed by atoms with Gasteiger partial charge in [-0.25, -0.2) is 4.79 Å². The number of hydrogen-bond acceptors (Lipinski definition) is 7. The van der Waals surface area contributed by atoms with Gasteiger partial charge in [0.05, 0.1) is 25.3 Å². The van der Waals surface area contributed by atoms with E-state index in [-0.39, 0.29) is 11.3 Å². The van der Waals surface area contributed by atoms with Gasteiger partial charge in [0.1, 0.15) is 16.9 Å². The zero-order valence-corrected chi connectivity index (χ0v) is 22.6. The molecule has 2 aliphatic rings. The molecule has 2 heterocycles. The van der Waals surface area contributed by atoms with Gasteiger partial charge in [-0.1, -0.05) is 26.8 Å². The number of amides is 1. The van der Waals surface area contributed by atoms with Gasteiger partial charge < -0.3 is 24.8 Å². The van der Waals surface area contributed by atoms with Gasteiger partial charge in [-0.2, -0.15) is 0 Å². The van der Waals surface area contributed by atoms with Crippen molar-refractivity contribution in [2.75, 3.05) is 19.5 Å². The first-order valence-corrected chi connectivity index (χ1v) is 13.3. The van der Waals surface area contributed by atoms with Gasteiger partial charge in [0.2, 0.25) is 0 Å². The molecule has 0 saturated heterocycles. The first-order chi connectivity index (χ1) is 17.7. The maximum absolute atomic E-state index is 13.2. The van der Waals surface area contributed by atoms with Crippen LogP contribution < -0.4 is 24.8 Å². The minimum atomic E-state index is -0.500. The first kappa shape index (κ1) is 25.1. The summed E-state index contributed by atoms with van der Waals surface area (Å²) >= 11 is 1.70. The molecular weight excluding hydrogens is 488 g/mol. The fraction of sp³-hybridized carbons (Fsp3) is 0.379. The summed E-state index contributed by atoms with van der Waals surface area (Å²) in [7, 11) is 3.09. The third-order valence-electron chi connectivity index (χ3n) is 7.32. The maximum atomic E-state index is 13.2. The molecule has 5 rings (SSSR count). The molecule has 0 bridgehead atoms. The number of rotatable bonds is 5. The quantitative estimate of drug-likeness (QED) is 0.318. The van der Waals surface area contributed by atoms with E-state index in [9.17, 15) is 9.59 Å². The average Bonchev–Trinajstić information content (AvgIpc) is 3.26. The van der Waals surface area contributed by atoms with E-state index in [1.54, 1.807) is 54.8 Å². The van der Waals surface area contributed by atoms with Gasteiger partial charge in [-0.05, 0) is 78.1 Å². The highest BCUT2D eigenvalue weighted by molar-refractivity contribution is 7.16. The van der Waals surface area contributed by atoms with E-state index in [1.807, 2.05) is 6.07 Å². The molecule has 2 atom stereocenters. The number of ether oxygens (including phenoxy) is 3. The van der Waals surface area contributed by atoms with E-state index in [2.05, 4.69) is 31.4 Å². The Morgan fingerprint density at radius 2 is 1.76 bits per heavy atom. The van der Waals surface area contributed by atoms with Crippen LogP contribution >= 0.6 is 11.3 Å². The average molecular weight is 521 g/mol. The molecule has 0 unspecified atom stereocenters. The summed E-state index contributed by atoms with van der Waals surface area (Å²) in [6, 6.07) is 12.0. The van der Waals surface area contributed by atoms with Crippen molar-refractivity contribution in [1.29, 1.82) is 0 Å². The zero-order chi connectivity index (χ0) is 26.3. The summed E-state index contributed by atoms with van der Waals surface area (Å²) in [5.41, 5.74) is 3.44. The second-order valence-electron chi connectivity index (χ2n) is 10.6. The number of carbonyl (C=O) groups excluding carboxylic acids is 2. The lowest BCUT2D eigenvalue weighted by Crippen LogP contribution is -2.38. The highest BCUT2D eigenvalue weighted by atomic mass is 32.1. The summed E-state index contributed by atoms with van der Waals surface area (Å²) < 4.78 is 16.3. The third-order valence-corrected chi connectivity index (χ3v) is 8.50. The lowest BCUT2D eigenvalue weighted by molar-refractivity contribution is 0.0729. The fourth-order valence-corrected chi connectivity index (χ4v) is 6.39. The van der Waals surface area contributed by atoms with Crippen LogP contribution in [-0.2, 0) is 12.8 Å². The third kappa shape index (κ3) is 4.90. The number of carbonyl (C=O) groups is 2. The lowest BCUT2D eigenvalue weighted by Gasteiger charge is -2.34. The minimum absolute atomic E-state index is 0.0561. The van der Waals surface area contributed by atoms with Crippen LogP contribution in [0.4, 0.5) is 5.00 Å². The van der Waals surface area contributed by atoms with Crippen LogP contribution in [0.1, 0.15) is 70.1 Å². The predicted octanol–water partition coefficient (Wildman–Crippen LogP) is 5.99. The Bertz CT molecular complexity index is 1340. The summed E-state index contributed by atoms with van der Waals surface area (Å²) in [5.74, 6) is 1.41. The van der Waals surface area contributed by atoms with Crippen molar-refractivity contribution in [3.63, 3.8) is 0 Å². The van der Waals surface area contributed by atoms with Crippen molar-refractivity contribution in [2.45, 2.75) is 46.2 Å². The van der Waals surface area contributed by atoms with Gasteiger partial charge in [0.25, 0.3) is 5.91 Å². The summed E-state index contributed by atoms with van der Waals surface area (Å²) in [5, 5.41) is 7.53. The van der Waals surface area contributed by atoms with Gasteiger partial charge >= 0.3 is 5.97 Å². The van der Waals surface area contributed by atoms with Gasteiger partial charge in [-0.3, -0.25) is 4.79 Å². The van der Waals surface area contributed by atoms with Gasteiger partial charge in [-0.15, -0.1) is 11.3 Å². The normalized spacial score (nSPS) is 18.7. The summed E-state index contributed by atoms with van der Waals surface area (Å²) in [6.45, 7) is 6.88. The number of thiophene rings is 1. The Labute approximate surface area is 221 Å². The Kier molecular flexibility index (Phi) is 6.62. The monoisotopic (exact) mass is 520 g/mol. The lowest BCUT2D eigenvalue weighted by atomic mass is 9.72. The Morgan fingerprint density at radius 1 is 1.00 bits per heavy atom. The molecule has 1 amide bonds. The highest BCUT2D eigenvalue weighted by Gasteiger charge is 2.36. The highest BCUT2D eigenvalue weighted by Crippen LogP contribution is 2.46. The molecule has 0 fully saturated rings. The molecule has 3 aromatic rings. The van der Waals surface area contributed by atoms with E-state index in [1.165, 1.54) is 17.6 Å². The van der Waals surface area contributed by atoms with Crippen molar-refractivity contribution in [3.8, 4) is 17.2 Å². The van der Waals surface area contributed by atoms with Crippen LogP contribution in [0.3, 0.4) is 0 Å². The minimum Gasteiger partial charge on any atom is -0.497 e. The van der Waals surface area contributed by atoms with Crippen LogP contribution in [0.2, 0.25) is 0 Å². The maximum Gasteiger partial charge on any atom is 0.343 e. The van der Waals surface area contributed by atoms with E-state index >= 15 is 0 Å². The zero-order valence-electron chi connectivity index (χ0n) is 21.8. The molecule has 7 nitrogen and oxygen atoms in total. The molecular formula is C29H32N2O5S. The number of anilines is 1. The second kappa shape index (κ2) is 9.74. The number of methoxy groups -OCH3 is 2. The van der Waals surface area contributed by atoms with Crippen molar-refractivity contribution >= 4 is 28.2 Å². The predicted molar refractivity (Wildman–Crippen MR) is 144 cm³/mol. The molecule has 0 saturated carbocycles. The van der Waals surface area contributed by atoms with Crippen LogP contribution in [0, 0.1) is 11.3 Å². The van der Waals surface area contributed by atoms with Gasteiger partial charge in [0.15, 0.2) is 11.5 Å². The second-order valence-corrected chi connectivity index (χ2v) is 11.7. The van der Waals surface area contributed by atoms with Crippen LogP contribution in [0.15, 0.2) is 42.5 Å². The fourth-order valence-electron chi connectivity index (χ4n) is 5.04. The molecule has 194 valence electrons. The Morgan fingerprint density at radius 3 is 2.43 bits per heavy atom. The van der Waals surface area contributed by atoms with Crippen LogP contribution in [-0.4, -0.2) is 26.1 Å². The molecule has 1 aliphatic heterocycles. The molecule has 2 aromatic carbocycles. The number of fused-ring (bicyclic) bond motifs is 3. The summed E-state index contributed by atoms with van der Waals surface area (Å²) in [6.07, 6.45) is 2.63. The number of esters is 1. The van der Waals surface area contributed by atoms with E-state index in [4.69, 9.17) is 14.2 Å². The van der Waals surface area contributed by atoms with E-state index < -0.39 is 12.1 Å². The van der Waals surface area contributed by atoms with Crippen LogP contribution in [0.25, 0.3) is 0 Å². The first-order valence-electron chi connectivity index (χ1n) is 12.4. The standard InChI is InChI=1S/C29H32N2O5S/c1-29(2,3)18-9-12-20-23(15-18)37-27-24(20)26(32)30-25(31-27)17-8-13-21(22(14-17)35-5)36-28(33)16-6-10-19(34-4)11-7-16/h6-8,10-11,13-14,18,25,31H,9,12,15H2,1-5H3,(H,30,32)/t18-,25+/m0/s1. The molecule has 0 spiro atoms. The van der Waals surface area contributed by atoms with Crippen LogP contribution in [0.5, 0.6) is 17.2 Å². The molecule has 8 heteroatoms. The summed E-state index contributed by atoms with van der Waals surface area (Å²) in [4.78, 5) is 27.2. The van der Waals surface area contributed by atoms with Crippen molar-refractivity contribution < 1.29 is 23.8 Å².